The van der Waals surface area contributed by atoms with Crippen LogP contribution in [0, 0.1) is 0 Å². The standard InChI is InChI=1S/C11H16Cl2N2/c1-2-3-4-5-9(14)8-6-7-10(12)15-11(8)13/h6-7,9H,2-5,14H2,1H3/t9-/m1/s1. The smallest absolute Gasteiger partial charge is 0.135 e. The van der Waals surface area contributed by atoms with Gasteiger partial charge in [-0.25, -0.2) is 4.98 Å². The molecule has 2 N–H and O–H groups in total. The molecule has 1 rings (SSSR count). The fourth-order valence-electron chi connectivity index (χ4n) is 1.47. The van der Waals surface area contributed by atoms with Gasteiger partial charge in [0, 0.05) is 11.6 Å². The first-order chi connectivity index (χ1) is 7.15. The van der Waals surface area contributed by atoms with Gasteiger partial charge in [0.05, 0.1) is 0 Å². The van der Waals surface area contributed by atoms with E-state index in [0.717, 1.165) is 18.4 Å². The highest BCUT2D eigenvalue weighted by molar-refractivity contribution is 6.32. The molecule has 0 unspecified atom stereocenters. The van der Waals surface area contributed by atoms with Gasteiger partial charge in [-0.1, -0.05) is 55.5 Å². The summed E-state index contributed by atoms with van der Waals surface area (Å²) in [6.45, 7) is 2.17. The van der Waals surface area contributed by atoms with Crippen LogP contribution in [0.25, 0.3) is 0 Å². The van der Waals surface area contributed by atoms with Crippen molar-refractivity contribution >= 4 is 23.2 Å². The maximum atomic E-state index is 6.02. The lowest BCUT2D eigenvalue weighted by Gasteiger charge is -2.12. The first kappa shape index (κ1) is 12.8. The lowest BCUT2D eigenvalue weighted by atomic mass is 10.0. The summed E-state index contributed by atoms with van der Waals surface area (Å²) in [6.07, 6.45) is 4.46. The van der Waals surface area contributed by atoms with E-state index in [1.807, 2.05) is 6.07 Å². The van der Waals surface area contributed by atoms with E-state index in [-0.39, 0.29) is 6.04 Å². The largest absolute Gasteiger partial charge is 0.324 e. The molecule has 0 radical (unpaired) electrons. The fourth-order valence-corrected chi connectivity index (χ4v) is 1.95. The van der Waals surface area contributed by atoms with E-state index in [9.17, 15) is 0 Å². The molecule has 1 aromatic heterocycles. The molecule has 2 nitrogen and oxygen atoms in total. The fraction of sp³-hybridized carbons (Fsp3) is 0.545. The van der Waals surface area contributed by atoms with Crippen LogP contribution >= 0.6 is 23.2 Å². The molecule has 1 heterocycles. The van der Waals surface area contributed by atoms with Gasteiger partial charge in [-0.05, 0) is 12.5 Å². The zero-order chi connectivity index (χ0) is 11.3. The molecule has 0 fully saturated rings. The van der Waals surface area contributed by atoms with Crippen molar-refractivity contribution in [3.8, 4) is 0 Å². The minimum Gasteiger partial charge on any atom is -0.324 e. The monoisotopic (exact) mass is 246 g/mol. The van der Waals surface area contributed by atoms with Crippen LogP contribution in [-0.2, 0) is 0 Å². The van der Waals surface area contributed by atoms with E-state index >= 15 is 0 Å². The molecule has 15 heavy (non-hydrogen) atoms. The van der Waals surface area contributed by atoms with Crippen LogP contribution in [0.4, 0.5) is 0 Å². The first-order valence-electron chi connectivity index (χ1n) is 5.22. The van der Waals surface area contributed by atoms with Crippen LogP contribution in [-0.4, -0.2) is 4.98 Å². The highest BCUT2D eigenvalue weighted by Gasteiger charge is 2.10. The predicted molar refractivity (Wildman–Crippen MR) is 65.3 cm³/mol. The maximum Gasteiger partial charge on any atom is 0.135 e. The third-order valence-electron chi connectivity index (χ3n) is 2.36. The SMILES string of the molecule is CCCCC[C@@H](N)c1ccc(Cl)nc1Cl. The molecule has 0 saturated heterocycles. The summed E-state index contributed by atoms with van der Waals surface area (Å²) in [5, 5.41) is 0.830. The van der Waals surface area contributed by atoms with Gasteiger partial charge >= 0.3 is 0 Å². The number of hydrogen-bond acceptors (Lipinski definition) is 2. The van der Waals surface area contributed by atoms with E-state index in [1.54, 1.807) is 6.07 Å². The Morgan fingerprint density at radius 2 is 2.07 bits per heavy atom. The quantitative estimate of drug-likeness (QED) is 0.631. The van der Waals surface area contributed by atoms with Crippen LogP contribution < -0.4 is 5.73 Å². The van der Waals surface area contributed by atoms with Crippen molar-refractivity contribution in [1.29, 1.82) is 0 Å². The van der Waals surface area contributed by atoms with E-state index in [0.29, 0.717) is 10.3 Å². The maximum absolute atomic E-state index is 6.02. The van der Waals surface area contributed by atoms with E-state index < -0.39 is 0 Å². The van der Waals surface area contributed by atoms with Crippen LogP contribution in [0.3, 0.4) is 0 Å². The third kappa shape index (κ3) is 3.98. The molecule has 84 valence electrons. The Morgan fingerprint density at radius 1 is 1.33 bits per heavy atom. The third-order valence-corrected chi connectivity index (χ3v) is 2.87. The molecule has 1 atom stereocenters. The Morgan fingerprint density at radius 3 is 2.67 bits per heavy atom. The van der Waals surface area contributed by atoms with Crippen molar-refractivity contribution in [2.45, 2.75) is 38.6 Å². The number of unbranched alkanes of at least 4 members (excludes halogenated alkanes) is 2. The normalized spacial score (nSPS) is 12.8. The lowest BCUT2D eigenvalue weighted by molar-refractivity contribution is 0.580. The topological polar surface area (TPSA) is 38.9 Å². The Hall–Kier alpha value is -0.310. The predicted octanol–water partition coefficient (Wildman–Crippen LogP) is 3.97. The van der Waals surface area contributed by atoms with E-state index in [4.69, 9.17) is 28.9 Å². The molecule has 0 bridgehead atoms. The summed E-state index contributed by atoms with van der Waals surface area (Å²) in [5.41, 5.74) is 6.91. The highest BCUT2D eigenvalue weighted by Crippen LogP contribution is 2.24. The molecule has 0 aromatic carbocycles. The Bertz CT molecular complexity index is 315. The Kier molecular flexibility index (Phi) is 5.37. The summed E-state index contributed by atoms with van der Waals surface area (Å²) in [7, 11) is 0. The van der Waals surface area contributed by atoms with Crippen molar-refractivity contribution in [3.05, 3.63) is 28.0 Å². The zero-order valence-electron chi connectivity index (χ0n) is 8.84. The average molecular weight is 247 g/mol. The molecule has 4 heteroatoms. The second-order valence-electron chi connectivity index (χ2n) is 3.62. The summed E-state index contributed by atoms with van der Waals surface area (Å²) < 4.78 is 0. The molecule has 0 amide bonds. The average Bonchev–Trinajstić information content (AvgIpc) is 2.17. The van der Waals surface area contributed by atoms with Gasteiger partial charge in [0.1, 0.15) is 10.3 Å². The summed E-state index contributed by atoms with van der Waals surface area (Å²) >= 11 is 11.7. The van der Waals surface area contributed by atoms with Crippen molar-refractivity contribution < 1.29 is 0 Å². The van der Waals surface area contributed by atoms with Gasteiger partial charge in [0.2, 0.25) is 0 Å². The van der Waals surface area contributed by atoms with E-state index in [2.05, 4.69) is 11.9 Å². The minimum absolute atomic E-state index is 0.0335. The second-order valence-corrected chi connectivity index (χ2v) is 4.36. The lowest BCUT2D eigenvalue weighted by Crippen LogP contribution is -2.11. The highest BCUT2D eigenvalue weighted by atomic mass is 35.5. The molecule has 0 spiro atoms. The van der Waals surface area contributed by atoms with E-state index in [1.165, 1.54) is 12.8 Å². The Labute approximate surface area is 101 Å². The molecule has 0 aliphatic carbocycles. The number of rotatable bonds is 5. The van der Waals surface area contributed by atoms with Gasteiger partial charge in [-0.15, -0.1) is 0 Å². The van der Waals surface area contributed by atoms with Crippen LogP contribution in [0.2, 0.25) is 10.3 Å². The summed E-state index contributed by atoms with van der Waals surface area (Å²) in [4.78, 5) is 3.97. The van der Waals surface area contributed by atoms with Crippen LogP contribution in [0.15, 0.2) is 12.1 Å². The summed E-state index contributed by atoms with van der Waals surface area (Å²) in [6, 6.07) is 3.55. The number of pyridine rings is 1. The molecular weight excluding hydrogens is 231 g/mol. The molecule has 0 aliphatic rings. The van der Waals surface area contributed by atoms with Gasteiger partial charge < -0.3 is 5.73 Å². The minimum atomic E-state index is -0.0335. The number of nitrogens with two attached hydrogens (primary N) is 1. The number of nitrogens with zero attached hydrogens (tertiary/aromatic N) is 1. The van der Waals surface area contributed by atoms with Gasteiger partial charge in [0.15, 0.2) is 0 Å². The van der Waals surface area contributed by atoms with Gasteiger partial charge in [0.25, 0.3) is 0 Å². The zero-order valence-corrected chi connectivity index (χ0v) is 10.4. The van der Waals surface area contributed by atoms with Crippen molar-refractivity contribution in [2.24, 2.45) is 5.73 Å². The van der Waals surface area contributed by atoms with Crippen molar-refractivity contribution in [3.63, 3.8) is 0 Å². The number of halogens is 2. The molecular formula is C11H16Cl2N2. The van der Waals surface area contributed by atoms with Gasteiger partial charge in [-0.2, -0.15) is 0 Å². The van der Waals surface area contributed by atoms with Crippen molar-refractivity contribution in [2.75, 3.05) is 0 Å². The van der Waals surface area contributed by atoms with Gasteiger partial charge in [-0.3, -0.25) is 0 Å². The Balaban J connectivity index is 2.61. The summed E-state index contributed by atoms with van der Waals surface area (Å²) in [5.74, 6) is 0. The molecule has 0 saturated carbocycles. The molecule has 1 aromatic rings. The first-order valence-corrected chi connectivity index (χ1v) is 5.98. The second kappa shape index (κ2) is 6.31. The van der Waals surface area contributed by atoms with Crippen LogP contribution in [0.5, 0.6) is 0 Å². The van der Waals surface area contributed by atoms with Crippen LogP contribution in [0.1, 0.15) is 44.2 Å². The number of hydrogen-bond donors (Lipinski definition) is 1. The molecule has 0 aliphatic heterocycles. The van der Waals surface area contributed by atoms with Crippen molar-refractivity contribution in [1.82, 2.24) is 4.98 Å². The number of aromatic nitrogens is 1.